The molecule has 0 aliphatic carbocycles. The van der Waals surface area contributed by atoms with Gasteiger partial charge >= 0.3 is 6.09 Å². The maximum atomic E-state index is 15.1. The van der Waals surface area contributed by atoms with E-state index >= 15 is 4.79 Å². The summed E-state index contributed by atoms with van der Waals surface area (Å²) in [5.74, 6) is -2.21. The molecule has 4 aromatic carbocycles. The summed E-state index contributed by atoms with van der Waals surface area (Å²) in [6, 6.07) is 29.9. The van der Waals surface area contributed by atoms with Crippen LogP contribution in [0.5, 0.6) is 5.75 Å². The number of aliphatic hydroxyl groups excluding tert-OH is 1. The number of Topliss-reactive ketones (excluding diaryl/α,β-unsaturated/α-hetero) is 1. The van der Waals surface area contributed by atoms with Gasteiger partial charge in [0.05, 0.1) is 17.8 Å². The zero-order chi connectivity index (χ0) is 41.7. The monoisotopic (exact) mass is 778 g/mol. The lowest BCUT2D eigenvalue weighted by molar-refractivity contribution is -0.130. The Balaban J connectivity index is 1.73. The summed E-state index contributed by atoms with van der Waals surface area (Å²) in [5.41, 5.74) is 14.8. The van der Waals surface area contributed by atoms with E-state index in [4.69, 9.17) is 20.9 Å². The number of nitrogens with zero attached hydrogens (tertiary/aromatic N) is 1. The lowest BCUT2D eigenvalue weighted by atomic mass is 9.88. The van der Waals surface area contributed by atoms with E-state index in [2.05, 4.69) is 5.32 Å². The molecule has 0 aliphatic heterocycles. The first-order chi connectivity index (χ1) is 27.0. The second-order valence-corrected chi connectivity index (χ2v) is 16.0. The Labute approximate surface area is 336 Å². The first kappa shape index (κ1) is 44.4. The summed E-state index contributed by atoms with van der Waals surface area (Å²) in [7, 11) is 0. The van der Waals surface area contributed by atoms with Crippen LogP contribution in [0.3, 0.4) is 0 Å². The van der Waals surface area contributed by atoms with E-state index in [9.17, 15) is 19.5 Å². The number of nitrogens with one attached hydrogen (secondary N) is 1. The Morgan fingerprint density at radius 3 is 1.88 bits per heavy atom. The molecule has 0 aliphatic rings. The van der Waals surface area contributed by atoms with Crippen LogP contribution in [0.4, 0.5) is 10.5 Å². The van der Waals surface area contributed by atoms with Gasteiger partial charge in [0.25, 0.3) is 5.91 Å². The number of hydrogen-bond acceptors (Lipinski definition) is 9. The molecule has 5 atom stereocenters. The third-order valence-corrected chi connectivity index (χ3v) is 9.35. The largest absolute Gasteiger partial charge is 0.489 e. The van der Waals surface area contributed by atoms with Gasteiger partial charge in [-0.05, 0) is 100 Å². The maximum Gasteiger partial charge on any atom is 0.408 e. The normalized spacial score (nSPS) is 14.1. The number of carbonyl (C=O) groups is 4. The Kier molecular flexibility index (Phi) is 16.1. The third kappa shape index (κ3) is 13.7. The number of alkyl carbamates (subject to hydrolysis) is 1. The number of nitrogens with two attached hydrogens (primary N) is 2. The maximum absolute atomic E-state index is 15.1. The van der Waals surface area contributed by atoms with Crippen molar-refractivity contribution in [2.75, 3.05) is 4.90 Å². The minimum absolute atomic E-state index is 0.0206. The molecule has 0 spiro atoms. The van der Waals surface area contributed by atoms with Gasteiger partial charge < -0.3 is 31.4 Å². The van der Waals surface area contributed by atoms with E-state index < -0.39 is 59.4 Å². The smallest absolute Gasteiger partial charge is 0.408 e. The van der Waals surface area contributed by atoms with Gasteiger partial charge in [0.1, 0.15) is 24.0 Å². The zero-order valence-electron chi connectivity index (χ0n) is 33.9. The molecule has 0 saturated carbocycles. The van der Waals surface area contributed by atoms with Crippen LogP contribution in [-0.4, -0.2) is 58.6 Å². The predicted octanol–water partition coefficient (Wildman–Crippen LogP) is 6.77. The fourth-order valence-corrected chi connectivity index (χ4v) is 6.47. The van der Waals surface area contributed by atoms with Crippen molar-refractivity contribution in [2.24, 2.45) is 23.3 Å². The van der Waals surface area contributed by atoms with Gasteiger partial charge in [-0.2, -0.15) is 0 Å². The summed E-state index contributed by atoms with van der Waals surface area (Å²) in [6.45, 7) is 10.8. The van der Waals surface area contributed by atoms with Gasteiger partial charge in [0.15, 0.2) is 5.78 Å². The number of ketones is 1. The molecule has 0 fully saturated rings. The van der Waals surface area contributed by atoms with Gasteiger partial charge in [-0.15, -0.1) is 0 Å². The Morgan fingerprint density at radius 2 is 1.28 bits per heavy atom. The number of rotatable bonds is 18. The quantitative estimate of drug-likeness (QED) is 0.0795. The minimum Gasteiger partial charge on any atom is -0.489 e. The topological polar surface area (TPSA) is 174 Å². The molecule has 4 aromatic rings. The summed E-state index contributed by atoms with van der Waals surface area (Å²) in [5, 5.41) is 14.1. The summed E-state index contributed by atoms with van der Waals surface area (Å²) in [6.07, 6.45) is -1.29. The molecule has 11 nitrogen and oxygen atoms in total. The second kappa shape index (κ2) is 20.7. The molecule has 3 amide bonds. The van der Waals surface area contributed by atoms with Crippen molar-refractivity contribution in [1.82, 2.24) is 5.32 Å². The van der Waals surface area contributed by atoms with E-state index in [1.54, 1.807) is 45.0 Å². The molecule has 0 bridgehead atoms. The number of para-hydroxylation sites is 1. The molecule has 0 aromatic heterocycles. The molecule has 57 heavy (non-hydrogen) atoms. The third-order valence-electron chi connectivity index (χ3n) is 9.35. The van der Waals surface area contributed by atoms with Gasteiger partial charge in [-0.25, -0.2) is 9.69 Å². The van der Waals surface area contributed by atoms with Crippen molar-refractivity contribution in [1.29, 1.82) is 0 Å². The molecule has 2 unspecified atom stereocenters. The fourth-order valence-electron chi connectivity index (χ4n) is 6.47. The molecule has 6 N–H and O–H groups in total. The van der Waals surface area contributed by atoms with Crippen molar-refractivity contribution < 1.29 is 33.8 Å². The van der Waals surface area contributed by atoms with Crippen LogP contribution in [0.25, 0.3) is 0 Å². The summed E-state index contributed by atoms with van der Waals surface area (Å²) >= 11 is 0. The highest BCUT2D eigenvalue weighted by molar-refractivity contribution is 6.21. The number of benzene rings is 4. The highest BCUT2D eigenvalue weighted by Crippen LogP contribution is 2.29. The Hall–Kier alpha value is -5.36. The SMILES string of the molecule is CC(C)CC(N)C(=O)c1ccccc1N(C(=O)C(C)NC(=O)OC(C)(C)C)C(=O)[C@H](Cc1ccc(OCc2ccccc2)cc1)C[C@H](O)[C@@H](N)Cc1ccccc1. The van der Waals surface area contributed by atoms with E-state index in [0.29, 0.717) is 25.2 Å². The molecular formula is C46H58N4O7. The average molecular weight is 779 g/mol. The number of anilines is 1. The van der Waals surface area contributed by atoms with Gasteiger partial charge in [0.2, 0.25) is 5.91 Å². The van der Waals surface area contributed by atoms with Crippen molar-refractivity contribution in [3.05, 3.63) is 131 Å². The molecule has 0 heterocycles. The number of aliphatic hydroxyl groups is 1. The van der Waals surface area contributed by atoms with Gasteiger partial charge in [-0.3, -0.25) is 14.4 Å². The van der Waals surface area contributed by atoms with E-state index in [-0.39, 0.29) is 30.0 Å². The number of imide groups is 1. The van der Waals surface area contributed by atoms with Crippen LogP contribution in [0.1, 0.15) is 81.4 Å². The summed E-state index contributed by atoms with van der Waals surface area (Å²) in [4.78, 5) is 57.4. The Morgan fingerprint density at radius 1 is 0.719 bits per heavy atom. The number of hydrogen-bond donors (Lipinski definition) is 4. The highest BCUT2D eigenvalue weighted by atomic mass is 16.6. The number of carbonyl (C=O) groups excluding carboxylic acids is 4. The summed E-state index contributed by atoms with van der Waals surface area (Å²) < 4.78 is 11.4. The first-order valence-electron chi connectivity index (χ1n) is 19.5. The lowest BCUT2D eigenvalue weighted by Gasteiger charge is -2.32. The van der Waals surface area contributed by atoms with Crippen molar-refractivity contribution in [2.45, 2.75) is 104 Å². The predicted molar refractivity (Wildman–Crippen MR) is 223 cm³/mol. The standard InChI is InChI=1S/C46H58N4O7/c1-30(2)25-39(48)42(52)37-19-13-14-20-40(37)50(43(53)31(3)49-45(55)57-46(4,5)6)44(54)35(28-41(51)38(47)27-32-15-9-7-10-16-32)26-33-21-23-36(24-22-33)56-29-34-17-11-8-12-18-34/h7-24,30-31,35,38-39,41,51H,25-29,47-48H2,1-6H3,(H,49,55)/t31?,35-,38+,39?,41+/m1/s1. The molecule has 0 saturated heterocycles. The molecule has 4 rings (SSSR count). The zero-order valence-corrected chi connectivity index (χ0v) is 33.9. The van der Waals surface area contributed by atoms with Crippen LogP contribution < -0.4 is 26.4 Å². The average Bonchev–Trinajstić information content (AvgIpc) is 3.17. The minimum atomic E-state index is -1.26. The fraction of sp³-hybridized carbons (Fsp3) is 0.391. The number of ether oxygens (including phenoxy) is 2. The Bertz CT molecular complexity index is 1910. The van der Waals surface area contributed by atoms with Crippen LogP contribution in [0.2, 0.25) is 0 Å². The highest BCUT2D eigenvalue weighted by Gasteiger charge is 2.38. The van der Waals surface area contributed by atoms with Crippen LogP contribution in [0, 0.1) is 11.8 Å². The first-order valence-corrected chi connectivity index (χ1v) is 19.5. The van der Waals surface area contributed by atoms with Gasteiger partial charge in [0, 0.05) is 17.5 Å². The molecule has 0 radical (unpaired) electrons. The van der Waals surface area contributed by atoms with Crippen LogP contribution in [-0.2, 0) is 33.8 Å². The van der Waals surface area contributed by atoms with Crippen LogP contribution >= 0.6 is 0 Å². The van der Waals surface area contributed by atoms with Crippen molar-refractivity contribution in [3.63, 3.8) is 0 Å². The molecule has 304 valence electrons. The molecular weight excluding hydrogens is 721 g/mol. The van der Waals surface area contributed by atoms with E-state index in [0.717, 1.165) is 21.6 Å². The van der Waals surface area contributed by atoms with E-state index in [1.807, 2.05) is 86.6 Å². The van der Waals surface area contributed by atoms with Crippen molar-refractivity contribution in [3.8, 4) is 5.75 Å². The van der Waals surface area contributed by atoms with Gasteiger partial charge in [-0.1, -0.05) is 98.8 Å². The molecule has 11 heteroatoms. The van der Waals surface area contributed by atoms with Crippen LogP contribution in [0.15, 0.2) is 109 Å². The second-order valence-electron chi connectivity index (χ2n) is 16.0. The van der Waals surface area contributed by atoms with E-state index in [1.165, 1.54) is 19.1 Å². The van der Waals surface area contributed by atoms with Crippen molar-refractivity contribution >= 4 is 29.4 Å². The lowest BCUT2D eigenvalue weighted by Crippen LogP contribution is -2.53. The number of amides is 3.